The van der Waals surface area contributed by atoms with E-state index in [-0.39, 0.29) is 6.04 Å². The molecule has 0 radical (unpaired) electrons. The first-order valence-corrected chi connectivity index (χ1v) is 6.82. The minimum Gasteiger partial charge on any atom is -0.497 e. The number of fused-ring (bicyclic) bond motifs is 1. The Kier molecular flexibility index (Phi) is 3.54. The Morgan fingerprint density at radius 1 is 1.00 bits per heavy atom. The fraction of sp³-hybridized carbons (Fsp3) is 0.176. The molecule has 3 rings (SSSR count). The fourth-order valence-electron chi connectivity index (χ4n) is 2.43. The lowest BCUT2D eigenvalue weighted by atomic mass is 10.0. The molecule has 0 saturated heterocycles. The molecule has 0 amide bonds. The van der Waals surface area contributed by atoms with Gasteiger partial charge in [0.05, 0.1) is 24.4 Å². The molecule has 1 aromatic heterocycles. The second-order valence-electron chi connectivity index (χ2n) is 4.92. The lowest BCUT2D eigenvalue weighted by Gasteiger charge is -2.15. The highest BCUT2D eigenvalue weighted by molar-refractivity contribution is 5.81. The third kappa shape index (κ3) is 2.58. The molecule has 0 aliphatic carbocycles. The van der Waals surface area contributed by atoms with Crippen molar-refractivity contribution in [1.29, 1.82) is 0 Å². The summed E-state index contributed by atoms with van der Waals surface area (Å²) in [5.41, 5.74) is 9.18. The predicted octanol–water partition coefficient (Wildman–Crippen LogP) is 2.99. The summed E-state index contributed by atoms with van der Waals surface area (Å²) < 4.78 is 5.18. The van der Waals surface area contributed by atoms with Gasteiger partial charge in [0.25, 0.3) is 0 Å². The molecule has 1 heterocycles. The normalized spacial score (nSPS) is 12.3. The van der Waals surface area contributed by atoms with Gasteiger partial charge in [-0.05, 0) is 30.7 Å². The Hall–Kier alpha value is -2.46. The summed E-state index contributed by atoms with van der Waals surface area (Å²) in [6, 6.07) is 15.4. The van der Waals surface area contributed by atoms with Crippen LogP contribution in [0, 0.1) is 6.92 Å². The van der Waals surface area contributed by atoms with Crippen LogP contribution in [0.15, 0.2) is 48.5 Å². The fourth-order valence-corrected chi connectivity index (χ4v) is 2.43. The number of hydrogen-bond donors (Lipinski definition) is 1. The van der Waals surface area contributed by atoms with Gasteiger partial charge in [-0.1, -0.05) is 30.3 Å². The van der Waals surface area contributed by atoms with Crippen molar-refractivity contribution in [2.24, 2.45) is 5.73 Å². The van der Waals surface area contributed by atoms with E-state index in [2.05, 4.69) is 9.97 Å². The molecule has 0 bridgehead atoms. The van der Waals surface area contributed by atoms with E-state index in [1.165, 1.54) is 0 Å². The van der Waals surface area contributed by atoms with Crippen molar-refractivity contribution in [2.45, 2.75) is 13.0 Å². The number of aryl methyl sites for hydroxylation is 1. The third-order valence-corrected chi connectivity index (χ3v) is 3.51. The minimum atomic E-state index is -0.289. The molecule has 1 unspecified atom stereocenters. The zero-order valence-corrected chi connectivity index (χ0v) is 12.1. The number of hydrogen-bond acceptors (Lipinski definition) is 4. The molecule has 0 saturated carbocycles. The summed E-state index contributed by atoms with van der Waals surface area (Å²) in [4.78, 5) is 9.01. The quantitative estimate of drug-likeness (QED) is 0.800. The lowest BCUT2D eigenvalue weighted by molar-refractivity contribution is 0.414. The Labute approximate surface area is 123 Å². The van der Waals surface area contributed by atoms with Crippen LogP contribution >= 0.6 is 0 Å². The van der Waals surface area contributed by atoms with E-state index in [0.717, 1.165) is 33.7 Å². The predicted molar refractivity (Wildman–Crippen MR) is 83.3 cm³/mol. The number of benzene rings is 2. The van der Waals surface area contributed by atoms with Crippen LogP contribution in [0.5, 0.6) is 5.75 Å². The first-order valence-electron chi connectivity index (χ1n) is 6.82. The van der Waals surface area contributed by atoms with E-state index < -0.39 is 0 Å². The van der Waals surface area contributed by atoms with Gasteiger partial charge < -0.3 is 10.5 Å². The molecular weight excluding hydrogens is 262 g/mol. The molecule has 2 N–H and O–H groups in total. The van der Waals surface area contributed by atoms with Crippen molar-refractivity contribution in [3.63, 3.8) is 0 Å². The first-order chi connectivity index (χ1) is 10.2. The maximum absolute atomic E-state index is 6.41. The molecule has 0 aliphatic heterocycles. The third-order valence-electron chi connectivity index (χ3n) is 3.51. The Bertz CT molecular complexity index is 769. The molecular formula is C17H17N3O. The molecule has 1 atom stereocenters. The number of para-hydroxylation sites is 1. The summed E-state index contributed by atoms with van der Waals surface area (Å²) in [6.45, 7) is 1.89. The molecule has 0 fully saturated rings. The van der Waals surface area contributed by atoms with Gasteiger partial charge in [0, 0.05) is 5.39 Å². The van der Waals surface area contributed by atoms with Crippen LogP contribution in [-0.4, -0.2) is 17.1 Å². The van der Waals surface area contributed by atoms with Crippen molar-refractivity contribution >= 4 is 10.9 Å². The average molecular weight is 279 g/mol. The van der Waals surface area contributed by atoms with Crippen LogP contribution in [0.4, 0.5) is 0 Å². The molecule has 21 heavy (non-hydrogen) atoms. The van der Waals surface area contributed by atoms with Crippen LogP contribution in [0.1, 0.15) is 23.1 Å². The van der Waals surface area contributed by atoms with Crippen LogP contribution in [0.2, 0.25) is 0 Å². The summed E-state index contributed by atoms with van der Waals surface area (Å²) >= 11 is 0. The molecule has 3 aromatic rings. The highest BCUT2D eigenvalue weighted by Gasteiger charge is 2.15. The summed E-state index contributed by atoms with van der Waals surface area (Å²) in [5, 5.41) is 0.992. The van der Waals surface area contributed by atoms with Crippen LogP contribution < -0.4 is 10.5 Å². The molecule has 0 aliphatic rings. The highest BCUT2D eigenvalue weighted by atomic mass is 16.5. The van der Waals surface area contributed by atoms with Gasteiger partial charge in [0.2, 0.25) is 0 Å². The van der Waals surface area contributed by atoms with E-state index >= 15 is 0 Å². The molecule has 2 aromatic carbocycles. The summed E-state index contributed by atoms with van der Waals surface area (Å²) in [6.07, 6.45) is 0. The number of methoxy groups -OCH3 is 1. The first kappa shape index (κ1) is 13.5. The summed E-state index contributed by atoms with van der Waals surface area (Å²) in [5.74, 6) is 1.54. The average Bonchev–Trinajstić information content (AvgIpc) is 2.53. The van der Waals surface area contributed by atoms with Crippen molar-refractivity contribution in [2.75, 3.05) is 7.11 Å². The second-order valence-corrected chi connectivity index (χ2v) is 4.92. The van der Waals surface area contributed by atoms with Gasteiger partial charge in [0.1, 0.15) is 11.6 Å². The smallest absolute Gasteiger partial charge is 0.126 e. The van der Waals surface area contributed by atoms with Crippen molar-refractivity contribution in [3.8, 4) is 5.75 Å². The number of nitrogens with zero attached hydrogens (tertiary/aromatic N) is 2. The topological polar surface area (TPSA) is 61.0 Å². The second kappa shape index (κ2) is 5.50. The minimum absolute atomic E-state index is 0.289. The van der Waals surface area contributed by atoms with E-state index in [9.17, 15) is 0 Å². The Morgan fingerprint density at radius 2 is 1.71 bits per heavy atom. The maximum atomic E-state index is 6.41. The van der Waals surface area contributed by atoms with E-state index in [1.807, 2.05) is 55.5 Å². The van der Waals surface area contributed by atoms with E-state index in [1.54, 1.807) is 7.11 Å². The number of rotatable bonds is 3. The Morgan fingerprint density at radius 3 is 2.43 bits per heavy atom. The highest BCUT2D eigenvalue weighted by Crippen LogP contribution is 2.26. The van der Waals surface area contributed by atoms with Gasteiger partial charge in [-0.15, -0.1) is 0 Å². The Balaban J connectivity index is 2.09. The van der Waals surface area contributed by atoms with E-state index in [4.69, 9.17) is 10.5 Å². The molecule has 4 heteroatoms. The SMILES string of the molecule is COc1ccc(C(N)c2nc(C)nc3ccccc23)cc1. The molecule has 106 valence electrons. The van der Waals surface area contributed by atoms with Gasteiger partial charge >= 0.3 is 0 Å². The molecule has 4 nitrogen and oxygen atoms in total. The van der Waals surface area contributed by atoms with Crippen molar-refractivity contribution in [1.82, 2.24) is 9.97 Å². The zero-order chi connectivity index (χ0) is 14.8. The van der Waals surface area contributed by atoms with Crippen molar-refractivity contribution in [3.05, 3.63) is 65.6 Å². The van der Waals surface area contributed by atoms with Gasteiger partial charge in [-0.2, -0.15) is 0 Å². The van der Waals surface area contributed by atoms with Gasteiger partial charge in [0.15, 0.2) is 0 Å². The maximum Gasteiger partial charge on any atom is 0.126 e. The van der Waals surface area contributed by atoms with E-state index in [0.29, 0.717) is 0 Å². The van der Waals surface area contributed by atoms with Crippen molar-refractivity contribution < 1.29 is 4.74 Å². The van der Waals surface area contributed by atoms with Gasteiger partial charge in [-0.3, -0.25) is 0 Å². The molecule has 0 spiro atoms. The number of nitrogens with two attached hydrogens (primary N) is 1. The van der Waals surface area contributed by atoms with Crippen LogP contribution in [0.25, 0.3) is 10.9 Å². The monoisotopic (exact) mass is 279 g/mol. The number of ether oxygens (including phenoxy) is 1. The summed E-state index contributed by atoms with van der Waals surface area (Å²) in [7, 11) is 1.65. The van der Waals surface area contributed by atoms with Crippen LogP contribution in [-0.2, 0) is 0 Å². The van der Waals surface area contributed by atoms with Gasteiger partial charge in [-0.25, -0.2) is 9.97 Å². The van der Waals surface area contributed by atoms with Crippen LogP contribution in [0.3, 0.4) is 0 Å². The lowest BCUT2D eigenvalue weighted by Crippen LogP contribution is -2.15. The number of aromatic nitrogens is 2. The largest absolute Gasteiger partial charge is 0.497 e. The standard InChI is InChI=1S/C17H17N3O/c1-11-19-15-6-4-3-5-14(15)17(20-11)16(18)12-7-9-13(21-2)10-8-12/h3-10,16H,18H2,1-2H3. The zero-order valence-electron chi connectivity index (χ0n) is 12.1.